The molecule has 0 aliphatic heterocycles. The second-order valence-corrected chi connectivity index (χ2v) is 6.58. The molecule has 1 amide bonds. The minimum Gasteiger partial charge on any atom is -0.348 e. The molecule has 0 unspecified atom stereocenters. The molecule has 0 saturated carbocycles. The van der Waals surface area contributed by atoms with Crippen LogP contribution in [-0.4, -0.2) is 16.7 Å². The number of benzene rings is 1. The Morgan fingerprint density at radius 3 is 2.50 bits per heavy atom. The number of rotatable bonds is 6. The van der Waals surface area contributed by atoms with Gasteiger partial charge < -0.3 is 4.57 Å². The molecule has 1 aromatic heterocycles. The summed E-state index contributed by atoms with van der Waals surface area (Å²) in [6.07, 6.45) is 2.68. The number of aromatic nitrogens is 1. The number of nitrogens with zero attached hydrogens (tertiary/aromatic N) is 2. The molecule has 0 atom stereocenters. The number of hydrazone groups is 1. The number of nitrogens with one attached hydrogen (secondary N) is 1. The molecular weight excluding hydrogens is 298 g/mol. The van der Waals surface area contributed by atoms with E-state index in [1.165, 1.54) is 17.0 Å². The minimum atomic E-state index is -0.190. The number of hydrogen-bond acceptors (Lipinski definition) is 2. The first-order chi connectivity index (χ1) is 11.4. The summed E-state index contributed by atoms with van der Waals surface area (Å²) in [5, 5.41) is 4.12. The minimum absolute atomic E-state index is 0.190. The molecule has 2 aromatic rings. The van der Waals surface area contributed by atoms with Crippen LogP contribution in [0.25, 0.3) is 0 Å². The summed E-state index contributed by atoms with van der Waals surface area (Å²) in [5.41, 5.74) is 7.86. The van der Waals surface area contributed by atoms with Gasteiger partial charge in [0.2, 0.25) is 0 Å². The lowest BCUT2D eigenvalue weighted by Gasteiger charge is -2.11. The van der Waals surface area contributed by atoms with E-state index in [0.717, 1.165) is 18.5 Å². The fourth-order valence-electron chi connectivity index (χ4n) is 2.72. The second kappa shape index (κ2) is 7.95. The van der Waals surface area contributed by atoms with E-state index in [1.54, 1.807) is 6.21 Å². The quantitative estimate of drug-likeness (QED) is 0.631. The third kappa shape index (κ3) is 4.34. The molecule has 0 bridgehead atoms. The van der Waals surface area contributed by atoms with Crippen LogP contribution in [0, 0.1) is 19.8 Å². The molecule has 4 heteroatoms. The molecule has 0 radical (unpaired) electrons. The Hall–Kier alpha value is -2.36. The third-order valence-electron chi connectivity index (χ3n) is 4.15. The molecule has 0 aliphatic carbocycles. The van der Waals surface area contributed by atoms with Gasteiger partial charge in [-0.1, -0.05) is 32.9 Å². The van der Waals surface area contributed by atoms with Gasteiger partial charge in [-0.25, -0.2) is 5.43 Å². The molecule has 0 aliphatic rings. The maximum Gasteiger partial charge on any atom is 0.271 e. The van der Waals surface area contributed by atoms with Crippen LogP contribution in [0.5, 0.6) is 0 Å². The van der Waals surface area contributed by atoms with Crippen LogP contribution < -0.4 is 5.43 Å². The van der Waals surface area contributed by atoms with Gasteiger partial charge in [0.25, 0.3) is 5.91 Å². The summed E-state index contributed by atoms with van der Waals surface area (Å²) in [5.74, 6) is 0.398. The standard InChI is InChI=1S/C20H27N3O/c1-6-17-7-9-18(10-8-17)20(24)22-21-12-19-11-15(4)23(16(19)5)13-14(2)3/h7-12,14H,6,13H2,1-5H3,(H,22,24)/b21-12-. The van der Waals surface area contributed by atoms with Crippen molar-refractivity contribution in [2.24, 2.45) is 11.0 Å². The zero-order valence-corrected chi connectivity index (χ0v) is 15.3. The summed E-state index contributed by atoms with van der Waals surface area (Å²) < 4.78 is 2.29. The largest absolute Gasteiger partial charge is 0.348 e. The van der Waals surface area contributed by atoms with Gasteiger partial charge in [-0.05, 0) is 49.9 Å². The molecule has 24 heavy (non-hydrogen) atoms. The zero-order valence-electron chi connectivity index (χ0n) is 15.3. The van der Waals surface area contributed by atoms with Gasteiger partial charge in [0.15, 0.2) is 0 Å². The molecule has 0 saturated heterocycles. The van der Waals surface area contributed by atoms with Crippen LogP contribution in [-0.2, 0) is 13.0 Å². The van der Waals surface area contributed by atoms with E-state index >= 15 is 0 Å². The molecule has 2 rings (SSSR count). The Morgan fingerprint density at radius 2 is 1.92 bits per heavy atom. The highest BCUT2D eigenvalue weighted by atomic mass is 16.2. The topological polar surface area (TPSA) is 46.4 Å². The van der Waals surface area contributed by atoms with Crippen LogP contribution in [0.4, 0.5) is 0 Å². The van der Waals surface area contributed by atoms with Crippen LogP contribution >= 0.6 is 0 Å². The number of carbonyl (C=O) groups excluding carboxylic acids is 1. The van der Waals surface area contributed by atoms with Gasteiger partial charge in [-0.2, -0.15) is 5.10 Å². The predicted molar refractivity (Wildman–Crippen MR) is 99.6 cm³/mol. The van der Waals surface area contributed by atoms with Crippen molar-refractivity contribution in [2.75, 3.05) is 0 Å². The van der Waals surface area contributed by atoms with E-state index < -0.39 is 0 Å². The van der Waals surface area contributed by atoms with Crippen molar-refractivity contribution in [1.29, 1.82) is 0 Å². The SMILES string of the molecule is CCc1ccc(C(=O)N/N=C\c2cc(C)n(CC(C)C)c2C)cc1. The molecule has 0 spiro atoms. The van der Waals surface area contributed by atoms with Gasteiger partial charge in [-0.3, -0.25) is 4.79 Å². The van der Waals surface area contributed by atoms with Crippen LogP contribution in [0.15, 0.2) is 35.4 Å². The van der Waals surface area contributed by atoms with Crippen LogP contribution in [0.3, 0.4) is 0 Å². The van der Waals surface area contributed by atoms with Gasteiger partial charge in [0.05, 0.1) is 6.21 Å². The normalized spacial score (nSPS) is 11.4. The van der Waals surface area contributed by atoms with Gasteiger partial charge >= 0.3 is 0 Å². The van der Waals surface area contributed by atoms with Crippen molar-refractivity contribution in [3.05, 3.63) is 58.4 Å². The van der Waals surface area contributed by atoms with E-state index in [-0.39, 0.29) is 5.91 Å². The number of hydrogen-bond donors (Lipinski definition) is 1. The Labute approximate surface area is 144 Å². The highest BCUT2D eigenvalue weighted by Gasteiger charge is 2.09. The smallest absolute Gasteiger partial charge is 0.271 e. The highest BCUT2D eigenvalue weighted by Crippen LogP contribution is 2.15. The average molecular weight is 325 g/mol. The van der Waals surface area contributed by atoms with E-state index in [0.29, 0.717) is 11.5 Å². The maximum atomic E-state index is 12.1. The van der Waals surface area contributed by atoms with Crippen molar-refractivity contribution >= 4 is 12.1 Å². The lowest BCUT2D eigenvalue weighted by atomic mass is 10.1. The van der Waals surface area contributed by atoms with Crippen molar-refractivity contribution in [1.82, 2.24) is 9.99 Å². The van der Waals surface area contributed by atoms with E-state index in [2.05, 4.69) is 55.8 Å². The first-order valence-corrected chi connectivity index (χ1v) is 8.51. The molecule has 1 heterocycles. The van der Waals surface area contributed by atoms with Crippen LogP contribution in [0.2, 0.25) is 0 Å². The Bertz CT molecular complexity index is 724. The second-order valence-electron chi connectivity index (χ2n) is 6.58. The Morgan fingerprint density at radius 1 is 1.25 bits per heavy atom. The monoisotopic (exact) mass is 325 g/mol. The predicted octanol–water partition coefficient (Wildman–Crippen LogP) is 4.09. The Kier molecular flexibility index (Phi) is 5.96. The molecule has 0 fully saturated rings. The molecule has 1 aromatic carbocycles. The third-order valence-corrected chi connectivity index (χ3v) is 4.15. The Balaban J connectivity index is 2.04. The summed E-state index contributed by atoms with van der Waals surface area (Å²) in [6, 6.07) is 9.70. The molecule has 1 N–H and O–H groups in total. The van der Waals surface area contributed by atoms with Crippen molar-refractivity contribution in [2.45, 2.75) is 47.6 Å². The number of amides is 1. The lowest BCUT2D eigenvalue weighted by molar-refractivity contribution is 0.0955. The van der Waals surface area contributed by atoms with Gasteiger partial charge in [0.1, 0.15) is 0 Å². The number of carbonyl (C=O) groups is 1. The lowest BCUT2D eigenvalue weighted by Crippen LogP contribution is -2.17. The van der Waals surface area contributed by atoms with E-state index in [9.17, 15) is 4.79 Å². The fourth-order valence-corrected chi connectivity index (χ4v) is 2.72. The fraction of sp³-hybridized carbons (Fsp3) is 0.400. The average Bonchev–Trinajstić information content (AvgIpc) is 2.82. The molecular formula is C20H27N3O. The van der Waals surface area contributed by atoms with Crippen molar-refractivity contribution in [3.8, 4) is 0 Å². The van der Waals surface area contributed by atoms with Crippen LogP contribution in [0.1, 0.15) is 53.6 Å². The molecule has 4 nitrogen and oxygen atoms in total. The van der Waals surface area contributed by atoms with E-state index in [1.807, 2.05) is 24.3 Å². The maximum absolute atomic E-state index is 12.1. The summed E-state index contributed by atoms with van der Waals surface area (Å²) in [7, 11) is 0. The van der Waals surface area contributed by atoms with Gasteiger partial charge in [-0.15, -0.1) is 0 Å². The highest BCUT2D eigenvalue weighted by molar-refractivity contribution is 5.95. The summed E-state index contributed by atoms with van der Waals surface area (Å²) in [6.45, 7) is 11.7. The zero-order chi connectivity index (χ0) is 17.7. The summed E-state index contributed by atoms with van der Waals surface area (Å²) >= 11 is 0. The summed E-state index contributed by atoms with van der Waals surface area (Å²) in [4.78, 5) is 12.1. The van der Waals surface area contributed by atoms with Crippen molar-refractivity contribution < 1.29 is 4.79 Å². The van der Waals surface area contributed by atoms with Gasteiger partial charge in [0, 0.05) is 29.1 Å². The first-order valence-electron chi connectivity index (χ1n) is 8.51. The first kappa shape index (κ1) is 18.0. The molecule has 128 valence electrons. The van der Waals surface area contributed by atoms with Crippen molar-refractivity contribution in [3.63, 3.8) is 0 Å². The van der Waals surface area contributed by atoms with E-state index in [4.69, 9.17) is 0 Å². The number of aryl methyl sites for hydroxylation is 2.